The van der Waals surface area contributed by atoms with Gasteiger partial charge in [0.1, 0.15) is 11.9 Å². The number of nitrogens with zero attached hydrogens (tertiary/aromatic N) is 4. The van der Waals surface area contributed by atoms with Gasteiger partial charge in [-0.3, -0.25) is 4.68 Å². The molecule has 0 fully saturated rings. The van der Waals surface area contributed by atoms with Crippen LogP contribution in [0, 0.1) is 5.92 Å². The Labute approximate surface area is 113 Å². The molecular weight excluding hydrogens is 242 g/mol. The van der Waals surface area contributed by atoms with E-state index in [1.165, 1.54) is 0 Å². The predicted molar refractivity (Wildman–Crippen MR) is 73.9 cm³/mol. The van der Waals surface area contributed by atoms with Crippen LogP contribution in [0.3, 0.4) is 0 Å². The number of amides is 2. The van der Waals surface area contributed by atoms with Gasteiger partial charge in [0, 0.05) is 25.4 Å². The fourth-order valence-electron chi connectivity index (χ4n) is 2.47. The van der Waals surface area contributed by atoms with E-state index in [-0.39, 0.29) is 12.1 Å². The van der Waals surface area contributed by atoms with Gasteiger partial charge >= 0.3 is 6.03 Å². The monoisotopic (exact) mass is 263 g/mol. The Morgan fingerprint density at radius 3 is 2.74 bits per heavy atom. The zero-order valence-electron chi connectivity index (χ0n) is 11.9. The lowest BCUT2D eigenvalue weighted by atomic mass is 10.0. The summed E-state index contributed by atoms with van der Waals surface area (Å²) in [4.78, 5) is 17.6. The number of nitrogens with two attached hydrogens (primary N) is 1. The molecule has 104 valence electrons. The number of hydrogen-bond donors (Lipinski definition) is 1. The van der Waals surface area contributed by atoms with Crippen molar-refractivity contribution < 1.29 is 4.79 Å². The molecule has 1 aromatic heterocycles. The molecule has 1 unspecified atom stereocenters. The van der Waals surface area contributed by atoms with Gasteiger partial charge in [0.15, 0.2) is 0 Å². The largest absolute Gasteiger partial charge is 0.385 e. The van der Waals surface area contributed by atoms with Gasteiger partial charge in [0.05, 0.1) is 5.69 Å². The summed E-state index contributed by atoms with van der Waals surface area (Å²) in [5.41, 5.74) is 7.90. The van der Waals surface area contributed by atoms with Crippen molar-refractivity contribution >= 4 is 11.9 Å². The minimum atomic E-state index is -0.265. The Morgan fingerprint density at radius 2 is 2.16 bits per heavy atom. The maximum absolute atomic E-state index is 11.9. The fraction of sp³-hybridized carbons (Fsp3) is 0.615. The third-order valence-corrected chi connectivity index (χ3v) is 3.19. The fourth-order valence-corrected chi connectivity index (χ4v) is 2.47. The number of aliphatic imine (C=N–C) groups is 1. The van der Waals surface area contributed by atoms with Crippen LogP contribution in [0.5, 0.6) is 0 Å². The minimum absolute atomic E-state index is 0.248. The summed E-state index contributed by atoms with van der Waals surface area (Å²) < 4.78 is 1.76. The van der Waals surface area contributed by atoms with E-state index < -0.39 is 0 Å². The average molecular weight is 263 g/mol. The van der Waals surface area contributed by atoms with Gasteiger partial charge in [-0.25, -0.2) is 4.79 Å². The van der Waals surface area contributed by atoms with Crippen LogP contribution in [-0.4, -0.2) is 33.1 Å². The maximum atomic E-state index is 11.9. The second-order valence-corrected chi connectivity index (χ2v) is 5.33. The first-order chi connectivity index (χ1) is 8.93. The van der Waals surface area contributed by atoms with Crippen molar-refractivity contribution in [3.05, 3.63) is 17.5 Å². The molecular formula is C13H21N5O. The first-order valence-corrected chi connectivity index (χ1v) is 6.61. The number of rotatable bonds is 4. The van der Waals surface area contributed by atoms with E-state index in [1.807, 2.05) is 20.2 Å². The number of amidine groups is 1. The molecule has 2 heterocycles. The van der Waals surface area contributed by atoms with Crippen molar-refractivity contribution in [3.8, 4) is 0 Å². The van der Waals surface area contributed by atoms with Gasteiger partial charge in [0.2, 0.25) is 0 Å². The zero-order valence-corrected chi connectivity index (χ0v) is 11.9. The normalized spacial score (nSPS) is 19.4. The Hall–Kier alpha value is -1.85. The summed E-state index contributed by atoms with van der Waals surface area (Å²) in [6, 6.07) is -0.513. The third kappa shape index (κ3) is 2.47. The predicted octanol–water partition coefficient (Wildman–Crippen LogP) is 1.47. The molecule has 0 spiro atoms. The molecule has 0 saturated heterocycles. The van der Waals surface area contributed by atoms with Crippen molar-refractivity contribution in [2.24, 2.45) is 23.7 Å². The number of carbonyl (C=O) groups excluding carboxylic acids is 1. The Balaban J connectivity index is 2.39. The number of carbonyl (C=O) groups is 1. The van der Waals surface area contributed by atoms with E-state index in [1.54, 1.807) is 9.58 Å². The van der Waals surface area contributed by atoms with Crippen LogP contribution < -0.4 is 5.73 Å². The maximum Gasteiger partial charge on any atom is 0.346 e. The smallest absolute Gasteiger partial charge is 0.346 e. The lowest BCUT2D eigenvalue weighted by molar-refractivity contribution is 0.198. The highest BCUT2D eigenvalue weighted by atomic mass is 16.2. The highest BCUT2D eigenvalue weighted by Gasteiger charge is 2.36. The van der Waals surface area contributed by atoms with Crippen molar-refractivity contribution in [2.45, 2.75) is 33.2 Å². The first kappa shape index (κ1) is 13.6. The lowest BCUT2D eigenvalue weighted by Crippen LogP contribution is -2.36. The number of aromatic nitrogens is 2. The highest BCUT2D eigenvalue weighted by molar-refractivity contribution is 6.03. The molecule has 2 rings (SSSR count). The van der Waals surface area contributed by atoms with Crippen LogP contribution in [0.1, 0.15) is 38.1 Å². The minimum Gasteiger partial charge on any atom is -0.385 e. The SMILES string of the molecule is CCc1nn(C)cc1C1C(N)=NC(=O)N1CC(C)C. The summed E-state index contributed by atoms with van der Waals surface area (Å²) in [7, 11) is 1.87. The van der Waals surface area contributed by atoms with Gasteiger partial charge in [0.25, 0.3) is 0 Å². The standard InChI is InChI=1S/C13H21N5O/c1-5-10-9(7-17(4)16-10)11-12(14)15-13(19)18(11)6-8(2)3/h7-8,11H,5-6H2,1-4H3,(H2,14,15,19). The van der Waals surface area contributed by atoms with E-state index in [2.05, 4.69) is 23.9 Å². The number of hydrogen-bond acceptors (Lipinski definition) is 3. The van der Waals surface area contributed by atoms with E-state index in [4.69, 9.17) is 5.73 Å². The van der Waals surface area contributed by atoms with Crippen molar-refractivity contribution in [3.63, 3.8) is 0 Å². The average Bonchev–Trinajstić information content (AvgIpc) is 2.79. The van der Waals surface area contributed by atoms with E-state index >= 15 is 0 Å². The summed E-state index contributed by atoms with van der Waals surface area (Å²) >= 11 is 0. The molecule has 1 atom stereocenters. The lowest BCUT2D eigenvalue weighted by Gasteiger charge is -2.25. The molecule has 0 bridgehead atoms. The molecule has 6 nitrogen and oxygen atoms in total. The van der Waals surface area contributed by atoms with Crippen LogP contribution in [0.15, 0.2) is 11.2 Å². The van der Waals surface area contributed by atoms with Crippen molar-refractivity contribution in [1.29, 1.82) is 0 Å². The zero-order chi connectivity index (χ0) is 14.2. The summed E-state index contributed by atoms with van der Waals surface area (Å²) in [5.74, 6) is 0.739. The second kappa shape index (κ2) is 5.03. The Morgan fingerprint density at radius 1 is 1.47 bits per heavy atom. The summed E-state index contributed by atoms with van der Waals surface area (Å²) in [5, 5.41) is 4.41. The summed E-state index contributed by atoms with van der Waals surface area (Å²) in [6.45, 7) is 6.83. The topological polar surface area (TPSA) is 76.5 Å². The molecule has 1 aliphatic heterocycles. The molecule has 0 aliphatic carbocycles. The van der Waals surface area contributed by atoms with Crippen LogP contribution >= 0.6 is 0 Å². The van der Waals surface area contributed by atoms with Crippen molar-refractivity contribution in [1.82, 2.24) is 14.7 Å². The van der Waals surface area contributed by atoms with Crippen molar-refractivity contribution in [2.75, 3.05) is 6.54 Å². The Bertz CT molecular complexity index is 517. The molecule has 0 radical (unpaired) electrons. The van der Waals surface area contributed by atoms with E-state index in [9.17, 15) is 4.79 Å². The van der Waals surface area contributed by atoms with Crippen LogP contribution in [-0.2, 0) is 13.5 Å². The molecule has 1 aliphatic rings. The van der Waals surface area contributed by atoms with Gasteiger partial charge in [-0.2, -0.15) is 10.1 Å². The molecule has 2 N–H and O–H groups in total. The quantitative estimate of drug-likeness (QED) is 0.893. The molecule has 2 amide bonds. The molecule has 0 saturated carbocycles. The van der Waals surface area contributed by atoms with E-state index in [0.717, 1.165) is 17.7 Å². The van der Waals surface area contributed by atoms with Gasteiger partial charge in [-0.15, -0.1) is 0 Å². The number of urea groups is 1. The number of aryl methyl sites for hydroxylation is 2. The molecule has 6 heteroatoms. The summed E-state index contributed by atoms with van der Waals surface area (Å²) in [6.07, 6.45) is 2.74. The second-order valence-electron chi connectivity index (χ2n) is 5.33. The van der Waals surface area contributed by atoms with Gasteiger partial charge in [-0.05, 0) is 12.3 Å². The first-order valence-electron chi connectivity index (χ1n) is 6.61. The third-order valence-electron chi connectivity index (χ3n) is 3.19. The molecule has 1 aromatic rings. The van der Waals surface area contributed by atoms with Gasteiger partial charge < -0.3 is 10.6 Å². The van der Waals surface area contributed by atoms with Crippen LogP contribution in [0.25, 0.3) is 0 Å². The molecule has 19 heavy (non-hydrogen) atoms. The van der Waals surface area contributed by atoms with Crippen LogP contribution in [0.4, 0.5) is 4.79 Å². The van der Waals surface area contributed by atoms with Gasteiger partial charge in [-0.1, -0.05) is 20.8 Å². The van der Waals surface area contributed by atoms with Crippen LogP contribution in [0.2, 0.25) is 0 Å². The Kier molecular flexibility index (Phi) is 3.59. The highest BCUT2D eigenvalue weighted by Crippen LogP contribution is 2.29. The van der Waals surface area contributed by atoms with E-state index in [0.29, 0.717) is 18.3 Å². The molecule has 0 aromatic carbocycles.